The van der Waals surface area contributed by atoms with E-state index in [0.717, 1.165) is 75.0 Å². The lowest BCUT2D eigenvalue weighted by Crippen LogP contribution is -2.46. The fraction of sp³-hybridized carbons (Fsp3) is 0.391. The molecule has 0 aliphatic carbocycles. The molecule has 1 fully saturated rings. The van der Waals surface area contributed by atoms with Crippen LogP contribution < -0.4 is 10.2 Å². The Bertz CT molecular complexity index is 910. The van der Waals surface area contributed by atoms with Crippen LogP contribution in [-0.4, -0.2) is 61.3 Å². The Morgan fingerprint density at radius 3 is 2.48 bits per heavy atom. The number of nitrogens with one attached hydrogen (secondary N) is 1. The molecular weight excluding hydrogens is 362 g/mol. The molecule has 3 aromatic rings. The fourth-order valence-corrected chi connectivity index (χ4v) is 3.71. The number of aromatic nitrogens is 2. The first-order valence-corrected chi connectivity index (χ1v) is 10.3. The molecule has 0 bridgehead atoms. The monoisotopic (exact) mass is 391 g/mol. The molecule has 0 atom stereocenters. The van der Waals surface area contributed by atoms with Gasteiger partial charge in [0.25, 0.3) is 0 Å². The van der Waals surface area contributed by atoms with E-state index in [2.05, 4.69) is 57.6 Å². The number of piperazine rings is 1. The molecule has 6 heteroatoms. The van der Waals surface area contributed by atoms with E-state index < -0.39 is 0 Å². The zero-order valence-electron chi connectivity index (χ0n) is 17.1. The van der Waals surface area contributed by atoms with Crippen LogP contribution in [-0.2, 0) is 11.3 Å². The van der Waals surface area contributed by atoms with E-state index in [1.807, 2.05) is 12.1 Å². The summed E-state index contributed by atoms with van der Waals surface area (Å²) in [5, 5.41) is 4.54. The van der Waals surface area contributed by atoms with E-state index >= 15 is 0 Å². The average molecular weight is 392 g/mol. The van der Waals surface area contributed by atoms with Crippen LogP contribution in [0.2, 0.25) is 0 Å². The standard InChI is InChI=1S/C23H29N5O/c1-29-17-7-12-24-22-20-10-5-6-11-21(20)25-23(26-22)28-15-13-27(14-16-28)18-19-8-3-2-4-9-19/h2-6,8-11H,7,12-18H2,1H3,(H,24,25,26). The fourth-order valence-electron chi connectivity index (χ4n) is 3.71. The van der Waals surface area contributed by atoms with Crippen LogP contribution in [0.25, 0.3) is 10.9 Å². The molecule has 0 radical (unpaired) electrons. The van der Waals surface area contributed by atoms with Gasteiger partial charge in [-0.05, 0) is 24.1 Å². The topological polar surface area (TPSA) is 53.5 Å². The number of methoxy groups -OCH3 is 1. The molecule has 0 unspecified atom stereocenters. The summed E-state index contributed by atoms with van der Waals surface area (Å²) in [5.74, 6) is 1.73. The Morgan fingerprint density at radius 2 is 1.69 bits per heavy atom. The van der Waals surface area contributed by atoms with Gasteiger partial charge in [0.05, 0.1) is 5.52 Å². The Labute approximate surface area is 172 Å². The minimum atomic E-state index is 0.742. The van der Waals surface area contributed by atoms with Crippen LogP contribution in [0.4, 0.5) is 11.8 Å². The molecule has 4 rings (SSSR count). The maximum Gasteiger partial charge on any atom is 0.227 e. The molecule has 2 aromatic carbocycles. The van der Waals surface area contributed by atoms with Crippen molar-refractivity contribution in [2.45, 2.75) is 13.0 Å². The average Bonchev–Trinajstić information content (AvgIpc) is 2.78. The van der Waals surface area contributed by atoms with Crippen molar-refractivity contribution in [2.75, 3.05) is 56.7 Å². The van der Waals surface area contributed by atoms with Crippen molar-refractivity contribution < 1.29 is 4.74 Å². The van der Waals surface area contributed by atoms with E-state index in [-0.39, 0.29) is 0 Å². The van der Waals surface area contributed by atoms with Crippen molar-refractivity contribution in [3.63, 3.8) is 0 Å². The normalized spacial score (nSPS) is 15.0. The lowest BCUT2D eigenvalue weighted by Gasteiger charge is -2.35. The van der Waals surface area contributed by atoms with Crippen LogP contribution in [0, 0.1) is 0 Å². The van der Waals surface area contributed by atoms with Crippen LogP contribution >= 0.6 is 0 Å². The molecule has 1 N–H and O–H groups in total. The van der Waals surface area contributed by atoms with Crippen LogP contribution in [0.3, 0.4) is 0 Å². The van der Waals surface area contributed by atoms with E-state index in [9.17, 15) is 0 Å². The Morgan fingerprint density at radius 1 is 0.931 bits per heavy atom. The van der Waals surface area contributed by atoms with E-state index in [0.29, 0.717) is 0 Å². The zero-order valence-corrected chi connectivity index (χ0v) is 17.1. The van der Waals surface area contributed by atoms with E-state index in [4.69, 9.17) is 14.7 Å². The number of hydrogen-bond acceptors (Lipinski definition) is 6. The number of hydrogen-bond donors (Lipinski definition) is 1. The second kappa shape index (κ2) is 9.67. The van der Waals surface area contributed by atoms with Gasteiger partial charge >= 0.3 is 0 Å². The van der Waals surface area contributed by atoms with Gasteiger partial charge in [0.1, 0.15) is 5.82 Å². The first-order valence-electron chi connectivity index (χ1n) is 10.3. The highest BCUT2D eigenvalue weighted by molar-refractivity contribution is 5.90. The third-order valence-corrected chi connectivity index (χ3v) is 5.31. The lowest BCUT2D eigenvalue weighted by atomic mass is 10.2. The maximum absolute atomic E-state index is 5.15. The molecule has 29 heavy (non-hydrogen) atoms. The summed E-state index contributed by atoms with van der Waals surface area (Å²) in [7, 11) is 1.73. The Kier molecular flexibility index (Phi) is 6.54. The molecule has 1 aliphatic rings. The van der Waals surface area contributed by atoms with Crippen LogP contribution in [0.15, 0.2) is 54.6 Å². The van der Waals surface area contributed by atoms with Crippen LogP contribution in [0.1, 0.15) is 12.0 Å². The minimum absolute atomic E-state index is 0.742. The van der Waals surface area contributed by atoms with Gasteiger partial charge < -0.3 is 15.0 Å². The minimum Gasteiger partial charge on any atom is -0.385 e. The molecule has 1 aromatic heterocycles. The van der Waals surface area contributed by atoms with Crippen molar-refractivity contribution in [3.05, 3.63) is 60.2 Å². The first-order chi connectivity index (χ1) is 14.3. The second-order valence-corrected chi connectivity index (χ2v) is 7.41. The van der Waals surface area contributed by atoms with Crippen molar-refractivity contribution in [1.82, 2.24) is 14.9 Å². The van der Waals surface area contributed by atoms with Gasteiger partial charge in [-0.2, -0.15) is 4.98 Å². The van der Waals surface area contributed by atoms with Gasteiger partial charge in [-0.3, -0.25) is 4.90 Å². The van der Waals surface area contributed by atoms with E-state index in [1.165, 1.54) is 5.56 Å². The number of fused-ring (bicyclic) bond motifs is 1. The third-order valence-electron chi connectivity index (χ3n) is 5.31. The highest BCUT2D eigenvalue weighted by Crippen LogP contribution is 2.24. The lowest BCUT2D eigenvalue weighted by molar-refractivity contribution is 0.198. The zero-order chi connectivity index (χ0) is 19.9. The molecule has 1 aliphatic heterocycles. The summed E-state index contributed by atoms with van der Waals surface area (Å²) in [5.41, 5.74) is 2.35. The Hall–Kier alpha value is -2.70. The smallest absolute Gasteiger partial charge is 0.227 e. The molecule has 152 valence electrons. The number of benzene rings is 2. The summed E-state index contributed by atoms with van der Waals surface area (Å²) in [4.78, 5) is 14.5. The molecule has 1 saturated heterocycles. The summed E-state index contributed by atoms with van der Waals surface area (Å²) in [6.45, 7) is 6.48. The highest BCUT2D eigenvalue weighted by atomic mass is 16.5. The van der Waals surface area contributed by atoms with Gasteiger partial charge in [0.15, 0.2) is 0 Å². The third kappa shape index (κ3) is 5.02. The highest BCUT2D eigenvalue weighted by Gasteiger charge is 2.20. The van der Waals surface area contributed by atoms with Gasteiger partial charge in [-0.25, -0.2) is 4.98 Å². The van der Waals surface area contributed by atoms with Crippen molar-refractivity contribution >= 4 is 22.7 Å². The molecular formula is C23H29N5O. The summed E-state index contributed by atoms with van der Waals surface area (Å²) in [6, 6.07) is 18.9. The summed E-state index contributed by atoms with van der Waals surface area (Å²) in [6.07, 6.45) is 0.947. The summed E-state index contributed by atoms with van der Waals surface area (Å²) < 4.78 is 5.15. The van der Waals surface area contributed by atoms with Gasteiger partial charge in [0, 0.05) is 58.4 Å². The maximum atomic E-state index is 5.15. The Balaban J connectivity index is 1.45. The predicted octanol–water partition coefficient (Wildman–Crippen LogP) is 3.40. The molecule has 6 nitrogen and oxygen atoms in total. The number of anilines is 2. The predicted molar refractivity (Wildman–Crippen MR) is 118 cm³/mol. The van der Waals surface area contributed by atoms with Crippen LogP contribution in [0.5, 0.6) is 0 Å². The molecule has 0 amide bonds. The summed E-state index contributed by atoms with van der Waals surface area (Å²) >= 11 is 0. The molecule has 2 heterocycles. The SMILES string of the molecule is COCCCNc1nc(N2CCN(Cc3ccccc3)CC2)nc2ccccc12. The van der Waals surface area contributed by atoms with Gasteiger partial charge in [-0.1, -0.05) is 42.5 Å². The van der Waals surface area contributed by atoms with E-state index in [1.54, 1.807) is 7.11 Å². The number of para-hydroxylation sites is 1. The van der Waals surface area contributed by atoms with Gasteiger partial charge in [0.2, 0.25) is 5.95 Å². The molecule has 0 saturated carbocycles. The molecule has 0 spiro atoms. The second-order valence-electron chi connectivity index (χ2n) is 7.41. The van der Waals surface area contributed by atoms with Crippen molar-refractivity contribution in [1.29, 1.82) is 0 Å². The van der Waals surface area contributed by atoms with Crippen molar-refractivity contribution in [3.8, 4) is 0 Å². The first kappa shape index (κ1) is 19.6. The number of ether oxygens (including phenoxy) is 1. The van der Waals surface area contributed by atoms with Crippen molar-refractivity contribution in [2.24, 2.45) is 0 Å². The largest absolute Gasteiger partial charge is 0.385 e. The number of rotatable bonds is 8. The number of nitrogens with zero attached hydrogens (tertiary/aromatic N) is 4. The quantitative estimate of drug-likeness (QED) is 0.594. The van der Waals surface area contributed by atoms with Gasteiger partial charge in [-0.15, -0.1) is 0 Å².